The average Bonchev–Trinajstić information content (AvgIpc) is 2.63. The lowest BCUT2D eigenvalue weighted by Crippen LogP contribution is -2.30. The number of pyridine rings is 1. The van der Waals surface area contributed by atoms with Crippen molar-refractivity contribution in [3.8, 4) is 0 Å². The molecule has 0 aliphatic carbocycles. The average molecular weight is 347 g/mol. The molecule has 1 fully saturated rings. The van der Waals surface area contributed by atoms with E-state index in [1.165, 1.54) is 18.6 Å². The standard InChI is InChI=1S/C18H19F2N3S/c19-17(20)14-4-5-16(23-10-2-1-3-11-23)15(12-14)22-18(24)13-6-8-21-9-7-13/h4-9,12,17H,1-3,10-11H2,(H,22,24). The fraction of sp³-hybridized carbons (Fsp3) is 0.333. The van der Waals surface area contributed by atoms with Crippen molar-refractivity contribution in [2.75, 3.05) is 23.3 Å². The van der Waals surface area contributed by atoms with Gasteiger partial charge in [0.25, 0.3) is 6.43 Å². The maximum Gasteiger partial charge on any atom is 0.263 e. The monoisotopic (exact) mass is 347 g/mol. The number of thiocarbonyl (C=S) groups is 1. The van der Waals surface area contributed by atoms with Crippen LogP contribution in [0.5, 0.6) is 0 Å². The van der Waals surface area contributed by atoms with E-state index >= 15 is 0 Å². The molecule has 0 bridgehead atoms. The van der Waals surface area contributed by atoms with Gasteiger partial charge in [-0.15, -0.1) is 0 Å². The summed E-state index contributed by atoms with van der Waals surface area (Å²) in [6.07, 6.45) is 4.25. The molecule has 1 aliphatic heterocycles. The molecule has 1 aromatic heterocycles. The van der Waals surface area contributed by atoms with Crippen molar-refractivity contribution < 1.29 is 8.78 Å². The summed E-state index contributed by atoms with van der Waals surface area (Å²) in [6.45, 7) is 1.87. The highest BCUT2D eigenvalue weighted by Crippen LogP contribution is 2.33. The number of rotatable bonds is 4. The van der Waals surface area contributed by atoms with Crippen molar-refractivity contribution in [3.63, 3.8) is 0 Å². The highest BCUT2D eigenvalue weighted by Gasteiger charge is 2.18. The maximum atomic E-state index is 13.1. The lowest BCUT2D eigenvalue weighted by molar-refractivity contribution is 0.151. The summed E-state index contributed by atoms with van der Waals surface area (Å²) in [5, 5.41) is 3.15. The van der Waals surface area contributed by atoms with Gasteiger partial charge in [-0.25, -0.2) is 8.78 Å². The number of anilines is 2. The van der Waals surface area contributed by atoms with Crippen LogP contribution in [0.1, 0.15) is 36.8 Å². The summed E-state index contributed by atoms with van der Waals surface area (Å²) in [6, 6.07) is 8.36. The van der Waals surface area contributed by atoms with E-state index in [0.717, 1.165) is 37.2 Å². The summed E-state index contributed by atoms with van der Waals surface area (Å²) < 4.78 is 26.2. The number of halogens is 2. The van der Waals surface area contributed by atoms with Crippen LogP contribution in [0.25, 0.3) is 0 Å². The Labute approximate surface area is 145 Å². The molecule has 24 heavy (non-hydrogen) atoms. The minimum atomic E-state index is -2.50. The van der Waals surface area contributed by atoms with E-state index in [2.05, 4.69) is 15.2 Å². The van der Waals surface area contributed by atoms with Gasteiger partial charge >= 0.3 is 0 Å². The van der Waals surface area contributed by atoms with Crippen molar-refractivity contribution in [2.24, 2.45) is 0 Å². The lowest BCUT2D eigenvalue weighted by atomic mass is 10.1. The molecular formula is C18H19F2N3S. The van der Waals surface area contributed by atoms with E-state index in [1.54, 1.807) is 30.6 Å². The number of nitrogens with one attached hydrogen (secondary N) is 1. The Morgan fingerprint density at radius 1 is 1.08 bits per heavy atom. The molecule has 3 nitrogen and oxygen atoms in total. The van der Waals surface area contributed by atoms with Crippen LogP contribution in [0.15, 0.2) is 42.7 Å². The Morgan fingerprint density at radius 3 is 2.46 bits per heavy atom. The molecule has 126 valence electrons. The molecule has 1 saturated heterocycles. The van der Waals surface area contributed by atoms with Crippen molar-refractivity contribution in [1.29, 1.82) is 0 Å². The Morgan fingerprint density at radius 2 is 1.79 bits per heavy atom. The lowest BCUT2D eigenvalue weighted by Gasteiger charge is -2.31. The second-order valence-electron chi connectivity index (χ2n) is 5.82. The fourth-order valence-corrected chi connectivity index (χ4v) is 3.14. The van der Waals surface area contributed by atoms with Crippen LogP contribution < -0.4 is 10.2 Å². The molecule has 0 saturated carbocycles. The largest absolute Gasteiger partial charge is 0.370 e. The predicted molar refractivity (Wildman–Crippen MR) is 97.0 cm³/mol. The molecule has 1 aromatic carbocycles. The zero-order valence-electron chi connectivity index (χ0n) is 13.2. The van der Waals surface area contributed by atoms with Crippen LogP contribution in [0.3, 0.4) is 0 Å². The zero-order chi connectivity index (χ0) is 16.9. The van der Waals surface area contributed by atoms with Gasteiger partial charge in [0.15, 0.2) is 0 Å². The van der Waals surface area contributed by atoms with Gasteiger partial charge in [-0.05, 0) is 43.5 Å². The van der Waals surface area contributed by atoms with Crippen LogP contribution in [-0.2, 0) is 0 Å². The molecular weight excluding hydrogens is 328 g/mol. The Bertz CT molecular complexity index is 701. The summed E-state index contributed by atoms with van der Waals surface area (Å²) in [7, 11) is 0. The molecule has 2 aromatic rings. The molecule has 6 heteroatoms. The maximum absolute atomic E-state index is 13.1. The van der Waals surface area contributed by atoms with Gasteiger partial charge in [0.2, 0.25) is 0 Å². The number of nitrogens with zero attached hydrogens (tertiary/aromatic N) is 2. The van der Waals surface area contributed by atoms with E-state index in [4.69, 9.17) is 12.2 Å². The minimum Gasteiger partial charge on any atom is -0.370 e. The van der Waals surface area contributed by atoms with Crippen LogP contribution in [0.2, 0.25) is 0 Å². The molecule has 0 amide bonds. The number of aromatic nitrogens is 1. The highest BCUT2D eigenvalue weighted by molar-refractivity contribution is 7.81. The minimum absolute atomic E-state index is 0.00390. The van der Waals surface area contributed by atoms with E-state index in [1.807, 2.05) is 0 Å². The molecule has 2 heterocycles. The molecule has 0 spiro atoms. The first-order chi connectivity index (χ1) is 11.6. The summed E-state index contributed by atoms with van der Waals surface area (Å²) in [5.74, 6) is 0. The molecule has 0 unspecified atom stereocenters. The number of benzene rings is 1. The third-order valence-electron chi connectivity index (χ3n) is 4.16. The second kappa shape index (κ2) is 7.66. The summed E-state index contributed by atoms with van der Waals surface area (Å²) >= 11 is 5.43. The van der Waals surface area contributed by atoms with Gasteiger partial charge < -0.3 is 10.2 Å². The summed E-state index contributed by atoms with van der Waals surface area (Å²) in [4.78, 5) is 6.70. The number of hydrogen-bond donors (Lipinski definition) is 1. The number of piperidine rings is 1. The summed E-state index contributed by atoms with van der Waals surface area (Å²) in [5.41, 5.74) is 2.37. The first-order valence-electron chi connectivity index (χ1n) is 8.03. The van der Waals surface area contributed by atoms with Gasteiger partial charge in [0, 0.05) is 36.6 Å². The Balaban J connectivity index is 1.90. The van der Waals surface area contributed by atoms with Gasteiger partial charge in [-0.1, -0.05) is 18.3 Å². The molecule has 0 radical (unpaired) electrons. The third kappa shape index (κ3) is 3.87. The highest BCUT2D eigenvalue weighted by atomic mass is 32.1. The fourth-order valence-electron chi connectivity index (χ4n) is 2.90. The normalized spacial score (nSPS) is 14.7. The molecule has 0 atom stereocenters. The second-order valence-corrected chi connectivity index (χ2v) is 6.22. The predicted octanol–water partition coefficient (Wildman–Crippen LogP) is 4.80. The number of hydrogen-bond acceptors (Lipinski definition) is 3. The number of alkyl halides is 2. The van der Waals surface area contributed by atoms with Crippen molar-refractivity contribution in [1.82, 2.24) is 4.98 Å². The molecule has 1 N–H and O–H groups in total. The Hall–Kier alpha value is -2.08. The topological polar surface area (TPSA) is 28.2 Å². The van der Waals surface area contributed by atoms with Crippen LogP contribution in [0.4, 0.5) is 20.2 Å². The SMILES string of the molecule is FC(F)c1ccc(N2CCCCC2)c(NC(=S)c2ccncc2)c1. The van der Waals surface area contributed by atoms with E-state index in [0.29, 0.717) is 10.7 Å². The molecule has 3 rings (SSSR count). The van der Waals surface area contributed by atoms with Crippen molar-refractivity contribution >= 4 is 28.6 Å². The van der Waals surface area contributed by atoms with E-state index < -0.39 is 6.43 Å². The van der Waals surface area contributed by atoms with Gasteiger partial charge in [0.1, 0.15) is 4.99 Å². The van der Waals surface area contributed by atoms with Crippen LogP contribution >= 0.6 is 12.2 Å². The van der Waals surface area contributed by atoms with E-state index in [-0.39, 0.29) is 5.56 Å². The third-order valence-corrected chi connectivity index (χ3v) is 4.50. The van der Waals surface area contributed by atoms with Crippen LogP contribution in [-0.4, -0.2) is 23.1 Å². The smallest absolute Gasteiger partial charge is 0.263 e. The first-order valence-corrected chi connectivity index (χ1v) is 8.44. The van der Waals surface area contributed by atoms with Crippen molar-refractivity contribution in [3.05, 3.63) is 53.9 Å². The van der Waals surface area contributed by atoms with Crippen LogP contribution in [0, 0.1) is 0 Å². The van der Waals surface area contributed by atoms with Crippen molar-refractivity contribution in [2.45, 2.75) is 25.7 Å². The first kappa shape index (κ1) is 16.8. The quantitative estimate of drug-likeness (QED) is 0.805. The van der Waals surface area contributed by atoms with E-state index in [9.17, 15) is 8.78 Å². The zero-order valence-corrected chi connectivity index (χ0v) is 14.0. The van der Waals surface area contributed by atoms with Gasteiger partial charge in [-0.3, -0.25) is 4.98 Å². The molecule has 1 aliphatic rings. The Kier molecular flexibility index (Phi) is 5.35. The van der Waals surface area contributed by atoms with Gasteiger partial charge in [0.05, 0.1) is 11.4 Å². The van der Waals surface area contributed by atoms with Gasteiger partial charge in [-0.2, -0.15) is 0 Å².